The molecule has 0 aliphatic carbocycles. The van der Waals surface area contributed by atoms with E-state index < -0.39 is 23.4 Å². The number of carbonyl (C=O) groups excluding carboxylic acids is 1. The van der Waals surface area contributed by atoms with Crippen LogP contribution in [0.3, 0.4) is 0 Å². The van der Waals surface area contributed by atoms with Crippen LogP contribution < -0.4 is 5.32 Å². The molecule has 144 valence electrons. The number of allylic oxidation sites excluding steroid dienone is 1. The maximum atomic E-state index is 13.1. The fraction of sp³-hybridized carbons (Fsp3) is 0.474. The van der Waals surface area contributed by atoms with E-state index in [1.54, 1.807) is 23.9 Å². The molecular weight excluding hydrogens is 361 g/mol. The molecule has 3 nitrogen and oxygen atoms in total. The highest BCUT2D eigenvalue weighted by Gasteiger charge is 2.39. The lowest BCUT2D eigenvalue weighted by atomic mass is 10.1. The second kappa shape index (κ2) is 9.80. The van der Waals surface area contributed by atoms with E-state index in [-0.39, 0.29) is 5.25 Å². The van der Waals surface area contributed by atoms with Crippen molar-refractivity contribution in [1.82, 2.24) is 0 Å². The number of carbonyl (C=O) groups is 1. The van der Waals surface area contributed by atoms with Crippen LogP contribution in [0.2, 0.25) is 0 Å². The minimum atomic E-state index is -4.69. The number of halogens is 3. The van der Waals surface area contributed by atoms with Crippen molar-refractivity contribution in [3.63, 3.8) is 0 Å². The normalized spacial score (nSPS) is 15.5. The number of hydrogen-bond donors (Lipinski definition) is 1. The molecule has 7 heteroatoms. The van der Waals surface area contributed by atoms with E-state index >= 15 is 0 Å². The number of alkyl halides is 3. The summed E-state index contributed by atoms with van der Waals surface area (Å²) in [5, 5.41) is 3.15. The topological polar surface area (TPSA) is 41.5 Å². The van der Waals surface area contributed by atoms with Gasteiger partial charge in [0.25, 0.3) is 5.91 Å². The highest BCUT2D eigenvalue weighted by Crippen LogP contribution is 2.36. The Bertz CT molecular complexity index is 684. The van der Waals surface area contributed by atoms with Crippen LogP contribution in [0.5, 0.6) is 0 Å². The molecule has 1 rings (SSSR count). The molecule has 1 amide bonds. The molecule has 0 spiro atoms. The lowest BCUT2D eigenvalue weighted by Gasteiger charge is -2.20. The Morgan fingerprint density at radius 1 is 1.31 bits per heavy atom. The molecule has 0 heterocycles. The minimum absolute atomic E-state index is 0.0948. The van der Waals surface area contributed by atoms with Crippen molar-refractivity contribution >= 4 is 29.1 Å². The van der Waals surface area contributed by atoms with Crippen LogP contribution in [0.1, 0.15) is 44.9 Å². The highest BCUT2D eigenvalue weighted by molar-refractivity contribution is 8.00. The standard InChI is InChI=1S/C19H25F3N2OS/c1-6-12(3)26-13(4)15-10-8-9-11-16(15)24-18(25)14(7-2)17(23-5)19(20,21)22/h7-13H,6H2,1-5H3,(H,24,25)/b14-7+,23-17?. The summed E-state index contributed by atoms with van der Waals surface area (Å²) < 4.78 is 39.3. The van der Waals surface area contributed by atoms with Crippen LogP contribution in [0.4, 0.5) is 18.9 Å². The predicted molar refractivity (Wildman–Crippen MR) is 104 cm³/mol. The lowest BCUT2D eigenvalue weighted by molar-refractivity contribution is -0.113. The van der Waals surface area contributed by atoms with Gasteiger partial charge < -0.3 is 5.32 Å². The van der Waals surface area contributed by atoms with Crippen molar-refractivity contribution in [2.75, 3.05) is 12.4 Å². The molecule has 0 aliphatic heterocycles. The van der Waals surface area contributed by atoms with Crippen LogP contribution in [-0.2, 0) is 4.79 Å². The first-order valence-corrected chi connectivity index (χ1v) is 9.36. The van der Waals surface area contributed by atoms with Gasteiger partial charge >= 0.3 is 6.18 Å². The second-order valence-electron chi connectivity index (χ2n) is 5.81. The zero-order valence-electron chi connectivity index (χ0n) is 15.6. The summed E-state index contributed by atoms with van der Waals surface area (Å²) in [5.41, 5.74) is -0.282. The number of para-hydroxylation sites is 1. The highest BCUT2D eigenvalue weighted by atomic mass is 32.2. The first kappa shape index (κ1) is 22.3. The van der Waals surface area contributed by atoms with Crippen LogP contribution in [0.15, 0.2) is 40.9 Å². The van der Waals surface area contributed by atoms with Crippen LogP contribution in [0.25, 0.3) is 0 Å². The molecule has 2 atom stereocenters. The van der Waals surface area contributed by atoms with E-state index in [0.717, 1.165) is 25.1 Å². The van der Waals surface area contributed by atoms with Gasteiger partial charge in [0, 0.05) is 23.2 Å². The zero-order chi connectivity index (χ0) is 19.9. The Kier molecular flexibility index (Phi) is 8.40. The Morgan fingerprint density at radius 3 is 2.42 bits per heavy atom. The van der Waals surface area contributed by atoms with E-state index in [1.165, 1.54) is 6.92 Å². The molecule has 0 radical (unpaired) electrons. The Balaban J connectivity index is 3.10. The predicted octanol–water partition coefficient (Wildman–Crippen LogP) is 5.80. The number of nitrogens with zero attached hydrogens (tertiary/aromatic N) is 1. The first-order chi connectivity index (χ1) is 12.1. The minimum Gasteiger partial charge on any atom is -0.322 e. The smallest absolute Gasteiger partial charge is 0.322 e. The molecular formula is C19H25F3N2OS. The average molecular weight is 386 g/mol. The van der Waals surface area contributed by atoms with Crippen molar-refractivity contribution < 1.29 is 18.0 Å². The molecule has 0 saturated carbocycles. The van der Waals surface area contributed by atoms with Gasteiger partial charge in [0.2, 0.25) is 0 Å². The average Bonchev–Trinajstić information content (AvgIpc) is 2.58. The Labute approximate surface area is 157 Å². The van der Waals surface area contributed by atoms with E-state index in [4.69, 9.17) is 0 Å². The molecule has 0 aliphatic rings. The maximum Gasteiger partial charge on any atom is 0.433 e. The summed E-state index contributed by atoms with van der Waals surface area (Å²) in [4.78, 5) is 15.7. The number of amides is 1. The number of hydrogen-bond acceptors (Lipinski definition) is 3. The first-order valence-electron chi connectivity index (χ1n) is 8.42. The van der Waals surface area contributed by atoms with Gasteiger partial charge in [-0.2, -0.15) is 24.9 Å². The third kappa shape index (κ3) is 5.90. The van der Waals surface area contributed by atoms with Gasteiger partial charge in [0.15, 0.2) is 5.71 Å². The molecule has 2 unspecified atom stereocenters. The number of anilines is 1. The summed E-state index contributed by atoms with van der Waals surface area (Å²) in [6.45, 7) is 7.62. The van der Waals surface area contributed by atoms with Crippen molar-refractivity contribution in [3.8, 4) is 0 Å². The summed E-state index contributed by atoms with van der Waals surface area (Å²) in [6.07, 6.45) is -2.55. The third-order valence-electron chi connectivity index (χ3n) is 3.94. The molecule has 0 aromatic heterocycles. The Morgan fingerprint density at radius 2 is 1.92 bits per heavy atom. The monoisotopic (exact) mass is 386 g/mol. The lowest BCUT2D eigenvalue weighted by Crippen LogP contribution is -2.31. The van der Waals surface area contributed by atoms with Gasteiger partial charge in [0.05, 0.1) is 5.57 Å². The maximum absolute atomic E-state index is 13.1. The number of aliphatic imine (C=N–C) groups is 1. The molecule has 26 heavy (non-hydrogen) atoms. The van der Waals surface area contributed by atoms with E-state index in [1.807, 2.05) is 19.1 Å². The van der Waals surface area contributed by atoms with Gasteiger partial charge in [-0.15, -0.1) is 0 Å². The second-order valence-corrected chi connectivity index (χ2v) is 7.59. The van der Waals surface area contributed by atoms with Gasteiger partial charge in [-0.05, 0) is 31.9 Å². The van der Waals surface area contributed by atoms with Crippen molar-refractivity contribution in [2.45, 2.75) is 50.8 Å². The summed E-state index contributed by atoms with van der Waals surface area (Å²) in [6, 6.07) is 7.17. The van der Waals surface area contributed by atoms with Gasteiger partial charge in [-0.3, -0.25) is 9.79 Å². The van der Waals surface area contributed by atoms with Gasteiger partial charge in [-0.1, -0.05) is 38.1 Å². The fourth-order valence-corrected chi connectivity index (χ4v) is 3.69. The summed E-state index contributed by atoms with van der Waals surface area (Å²) in [5.74, 6) is -0.821. The van der Waals surface area contributed by atoms with Gasteiger partial charge in [0.1, 0.15) is 0 Å². The molecule has 0 fully saturated rings. The van der Waals surface area contributed by atoms with E-state index in [2.05, 4.69) is 24.2 Å². The van der Waals surface area contributed by atoms with E-state index in [9.17, 15) is 18.0 Å². The SMILES string of the molecule is C/C=C(/C(=O)Nc1ccccc1C(C)SC(C)CC)C(=NC)C(F)(F)F. The van der Waals surface area contributed by atoms with Crippen LogP contribution >= 0.6 is 11.8 Å². The largest absolute Gasteiger partial charge is 0.433 e. The number of rotatable bonds is 7. The molecule has 0 bridgehead atoms. The van der Waals surface area contributed by atoms with Crippen LogP contribution in [0, 0.1) is 0 Å². The summed E-state index contributed by atoms with van der Waals surface area (Å²) in [7, 11) is 1.03. The van der Waals surface area contributed by atoms with Gasteiger partial charge in [-0.25, -0.2) is 0 Å². The molecule has 1 N–H and O–H groups in total. The summed E-state index contributed by atoms with van der Waals surface area (Å²) >= 11 is 1.75. The molecule has 0 saturated heterocycles. The molecule has 1 aromatic carbocycles. The van der Waals surface area contributed by atoms with Crippen LogP contribution in [-0.4, -0.2) is 30.1 Å². The quantitative estimate of drug-likeness (QED) is 0.475. The van der Waals surface area contributed by atoms with E-state index in [0.29, 0.717) is 10.9 Å². The zero-order valence-corrected chi connectivity index (χ0v) is 16.5. The Hall–Kier alpha value is -1.76. The van der Waals surface area contributed by atoms with Crippen molar-refractivity contribution in [2.24, 2.45) is 4.99 Å². The fourth-order valence-electron chi connectivity index (χ4n) is 2.45. The third-order valence-corrected chi connectivity index (χ3v) is 5.40. The number of benzene rings is 1. The van der Waals surface area contributed by atoms with Crippen molar-refractivity contribution in [1.29, 1.82) is 0 Å². The number of nitrogens with one attached hydrogen (secondary N) is 1. The van der Waals surface area contributed by atoms with Crippen molar-refractivity contribution in [3.05, 3.63) is 41.5 Å². The molecule has 1 aromatic rings. The number of thioether (sulfide) groups is 1.